The lowest BCUT2D eigenvalue weighted by Crippen LogP contribution is -2.38. The highest BCUT2D eigenvalue weighted by molar-refractivity contribution is 8.16. The normalized spacial score (nSPS) is 25.5. The first-order valence-electron chi connectivity index (χ1n) is 7.92. The number of amides is 1. The molecular formula is C16H17ClN2O5S2. The summed E-state index contributed by atoms with van der Waals surface area (Å²) in [6.45, 7) is 1.82. The van der Waals surface area contributed by atoms with Gasteiger partial charge in [0.2, 0.25) is 5.91 Å². The van der Waals surface area contributed by atoms with Crippen LogP contribution in [0.25, 0.3) is 0 Å². The molecule has 1 aromatic carbocycles. The first-order chi connectivity index (χ1) is 12.2. The Balaban J connectivity index is 1.97. The Bertz CT molecular complexity index is 900. The van der Waals surface area contributed by atoms with E-state index >= 15 is 0 Å². The summed E-state index contributed by atoms with van der Waals surface area (Å²) in [4.78, 5) is 28.5. The summed E-state index contributed by atoms with van der Waals surface area (Å²) < 4.78 is 24.1. The van der Waals surface area contributed by atoms with Crippen molar-refractivity contribution in [2.45, 2.75) is 31.1 Å². The molecule has 26 heavy (non-hydrogen) atoms. The lowest BCUT2D eigenvalue weighted by Gasteiger charge is -2.26. The van der Waals surface area contributed by atoms with Crippen LogP contribution in [0.2, 0.25) is 5.02 Å². The summed E-state index contributed by atoms with van der Waals surface area (Å²) in [6, 6.07) is 4.98. The number of benzene rings is 1. The number of aliphatic imine (C=N–C) groups is 1. The van der Waals surface area contributed by atoms with Gasteiger partial charge in [-0.25, -0.2) is 8.42 Å². The van der Waals surface area contributed by atoms with Gasteiger partial charge in [0.15, 0.2) is 15.0 Å². The lowest BCUT2D eigenvalue weighted by atomic mass is 10.1. The molecule has 7 nitrogen and oxygen atoms in total. The molecule has 2 saturated heterocycles. The number of thioether (sulfide) groups is 1. The van der Waals surface area contributed by atoms with Crippen molar-refractivity contribution in [3.63, 3.8) is 0 Å². The molecular weight excluding hydrogens is 400 g/mol. The maximum absolute atomic E-state index is 12.0. The van der Waals surface area contributed by atoms with Gasteiger partial charge in [-0.1, -0.05) is 29.4 Å². The Morgan fingerprint density at radius 3 is 2.77 bits per heavy atom. The van der Waals surface area contributed by atoms with Crippen molar-refractivity contribution in [2.24, 2.45) is 4.99 Å². The van der Waals surface area contributed by atoms with Crippen molar-refractivity contribution in [1.29, 1.82) is 0 Å². The van der Waals surface area contributed by atoms with Crippen LogP contribution in [0.4, 0.5) is 5.69 Å². The monoisotopic (exact) mass is 416 g/mol. The van der Waals surface area contributed by atoms with Gasteiger partial charge in [-0.2, -0.15) is 4.99 Å². The summed E-state index contributed by atoms with van der Waals surface area (Å²) in [5.41, 5.74) is 1.48. The predicted octanol–water partition coefficient (Wildman–Crippen LogP) is 2.11. The molecule has 0 unspecified atom stereocenters. The number of fused-ring (bicyclic) bond motifs is 1. The summed E-state index contributed by atoms with van der Waals surface area (Å²) in [6.07, 6.45) is -0.493. The molecule has 3 rings (SSSR count). The van der Waals surface area contributed by atoms with Crippen molar-refractivity contribution in [1.82, 2.24) is 0 Å². The number of aliphatic carboxylic acids is 1. The molecule has 0 bridgehead atoms. The van der Waals surface area contributed by atoms with Crippen molar-refractivity contribution < 1.29 is 23.1 Å². The number of hydrogen-bond acceptors (Lipinski definition) is 5. The molecule has 1 amide bonds. The van der Waals surface area contributed by atoms with Crippen LogP contribution in [0.5, 0.6) is 0 Å². The van der Waals surface area contributed by atoms with E-state index < -0.39 is 21.7 Å². The average Bonchev–Trinajstić information content (AvgIpc) is 2.99. The van der Waals surface area contributed by atoms with E-state index in [2.05, 4.69) is 4.99 Å². The number of carboxylic acids is 1. The van der Waals surface area contributed by atoms with Gasteiger partial charge >= 0.3 is 5.97 Å². The molecule has 1 N–H and O–H groups in total. The Hall–Kier alpha value is -1.58. The molecule has 2 heterocycles. The molecule has 2 aliphatic rings. The van der Waals surface area contributed by atoms with Crippen LogP contribution in [0, 0.1) is 6.92 Å². The van der Waals surface area contributed by atoms with E-state index in [1.54, 1.807) is 17.0 Å². The fourth-order valence-corrected chi connectivity index (χ4v) is 7.17. The molecule has 140 valence electrons. The number of carbonyl (C=O) groups excluding carboxylic acids is 1. The van der Waals surface area contributed by atoms with E-state index in [4.69, 9.17) is 16.7 Å². The first-order valence-corrected chi connectivity index (χ1v) is 11.0. The minimum Gasteiger partial charge on any atom is -0.481 e. The Morgan fingerprint density at radius 1 is 1.35 bits per heavy atom. The van der Waals surface area contributed by atoms with Gasteiger partial charge in [0.25, 0.3) is 0 Å². The van der Waals surface area contributed by atoms with Gasteiger partial charge in [-0.15, -0.1) is 0 Å². The maximum Gasteiger partial charge on any atom is 0.303 e. The largest absolute Gasteiger partial charge is 0.481 e. The summed E-state index contributed by atoms with van der Waals surface area (Å²) in [5.74, 6) is -1.59. The second kappa shape index (κ2) is 7.21. The number of carbonyl (C=O) groups is 2. The van der Waals surface area contributed by atoms with E-state index in [1.807, 2.05) is 13.0 Å². The van der Waals surface area contributed by atoms with E-state index in [0.717, 1.165) is 5.56 Å². The molecule has 10 heteroatoms. The van der Waals surface area contributed by atoms with Crippen molar-refractivity contribution >= 4 is 55.9 Å². The van der Waals surface area contributed by atoms with Crippen LogP contribution in [0.3, 0.4) is 0 Å². The second-order valence-corrected chi connectivity index (χ2v) is 10.0. The Labute approximate surface area is 160 Å². The van der Waals surface area contributed by atoms with Crippen molar-refractivity contribution in [3.8, 4) is 0 Å². The van der Waals surface area contributed by atoms with Crippen LogP contribution in [0.15, 0.2) is 23.2 Å². The molecule has 2 atom stereocenters. The van der Waals surface area contributed by atoms with Gasteiger partial charge in [-0.3, -0.25) is 9.59 Å². The third kappa shape index (κ3) is 3.89. The number of nitrogens with zero attached hydrogens (tertiary/aromatic N) is 2. The maximum atomic E-state index is 12.0. The van der Waals surface area contributed by atoms with Gasteiger partial charge in [-0.05, 0) is 24.6 Å². The second-order valence-electron chi connectivity index (χ2n) is 6.24. The van der Waals surface area contributed by atoms with Crippen LogP contribution >= 0.6 is 23.4 Å². The molecule has 0 radical (unpaired) electrons. The molecule has 0 aromatic heterocycles. The topological polar surface area (TPSA) is 104 Å². The molecule has 1 aromatic rings. The fourth-order valence-electron chi connectivity index (χ4n) is 3.08. The number of sulfone groups is 1. The van der Waals surface area contributed by atoms with E-state index in [1.165, 1.54) is 11.8 Å². The molecule has 0 aliphatic carbocycles. The molecule has 2 aliphatic heterocycles. The fraction of sp³-hybridized carbons (Fsp3) is 0.438. The SMILES string of the molecule is Cc1c(Cl)cccc1N1C(=NC(=O)CCC(=O)O)S[C@@H]2CS(=O)(=O)C[C@@H]21. The molecule has 2 fully saturated rings. The van der Waals surface area contributed by atoms with Gasteiger partial charge in [0, 0.05) is 22.4 Å². The smallest absolute Gasteiger partial charge is 0.303 e. The van der Waals surface area contributed by atoms with E-state index in [9.17, 15) is 18.0 Å². The number of halogens is 1. The summed E-state index contributed by atoms with van der Waals surface area (Å²) in [7, 11) is -3.16. The number of amidine groups is 1. The summed E-state index contributed by atoms with van der Waals surface area (Å²) >= 11 is 7.45. The number of hydrogen-bond donors (Lipinski definition) is 1. The first kappa shape index (κ1) is 19.2. The minimum atomic E-state index is -3.16. The minimum absolute atomic E-state index is 0.0149. The van der Waals surface area contributed by atoms with Crippen LogP contribution in [0.1, 0.15) is 18.4 Å². The Morgan fingerprint density at radius 2 is 2.08 bits per heavy atom. The van der Waals surface area contributed by atoms with Crippen LogP contribution in [-0.4, -0.2) is 53.4 Å². The van der Waals surface area contributed by atoms with Gasteiger partial charge < -0.3 is 10.0 Å². The standard InChI is InChI=1S/C16H17ClN2O5S2/c1-9-10(17)3-2-4-11(9)19-12-7-26(23,24)8-13(12)25-16(19)18-14(20)5-6-15(21)22/h2-4,12-13H,5-8H2,1H3,(H,21,22)/t12-,13+/m0/s1. The highest BCUT2D eigenvalue weighted by Gasteiger charge is 2.49. The van der Waals surface area contributed by atoms with E-state index in [-0.39, 0.29) is 35.6 Å². The summed E-state index contributed by atoms with van der Waals surface area (Å²) in [5, 5.41) is 9.43. The Kier molecular flexibility index (Phi) is 5.32. The zero-order valence-electron chi connectivity index (χ0n) is 13.9. The third-order valence-corrected chi connectivity index (χ3v) is 7.96. The highest BCUT2D eigenvalue weighted by atomic mass is 35.5. The zero-order chi connectivity index (χ0) is 19.1. The predicted molar refractivity (Wildman–Crippen MR) is 102 cm³/mol. The third-order valence-electron chi connectivity index (χ3n) is 4.34. The highest BCUT2D eigenvalue weighted by Crippen LogP contribution is 2.42. The van der Waals surface area contributed by atoms with E-state index in [0.29, 0.717) is 15.9 Å². The van der Waals surface area contributed by atoms with Crippen LogP contribution < -0.4 is 4.90 Å². The van der Waals surface area contributed by atoms with Crippen molar-refractivity contribution in [3.05, 3.63) is 28.8 Å². The number of carboxylic acid groups (broad SMARTS) is 1. The number of anilines is 1. The van der Waals surface area contributed by atoms with Gasteiger partial charge in [0.05, 0.1) is 24.0 Å². The quantitative estimate of drug-likeness (QED) is 0.801. The zero-order valence-corrected chi connectivity index (χ0v) is 16.3. The molecule has 0 spiro atoms. The number of rotatable bonds is 4. The van der Waals surface area contributed by atoms with Crippen LogP contribution in [-0.2, 0) is 19.4 Å². The molecule has 0 saturated carbocycles. The van der Waals surface area contributed by atoms with Gasteiger partial charge in [0.1, 0.15) is 0 Å². The van der Waals surface area contributed by atoms with Crippen molar-refractivity contribution in [2.75, 3.05) is 16.4 Å². The average molecular weight is 417 g/mol. The lowest BCUT2D eigenvalue weighted by molar-refractivity contribution is -0.138.